The molecular formula is C5H7F3N2. The Labute approximate surface area is 57.5 Å². The SMILES string of the molecule is C.CC#N.N#CC(F)(F)F. The molecule has 0 heterocycles. The van der Waals surface area contributed by atoms with Crippen molar-refractivity contribution in [2.24, 2.45) is 0 Å². The highest BCUT2D eigenvalue weighted by molar-refractivity contribution is 4.80. The Bertz CT molecular complexity index is 136. The number of halogens is 3. The average molecular weight is 152 g/mol. The minimum absolute atomic E-state index is 0. The summed E-state index contributed by atoms with van der Waals surface area (Å²) in [6, 6.07) is 1.85. The third-order valence-corrected chi connectivity index (χ3v) is 0.127. The highest BCUT2D eigenvalue weighted by Crippen LogP contribution is 2.10. The predicted molar refractivity (Wildman–Crippen MR) is 29.7 cm³/mol. The Balaban J connectivity index is -0.000000107. The van der Waals surface area contributed by atoms with E-state index in [1.165, 1.54) is 6.92 Å². The molecule has 0 atom stereocenters. The van der Waals surface area contributed by atoms with E-state index in [-0.39, 0.29) is 13.5 Å². The monoisotopic (exact) mass is 152 g/mol. The standard InChI is InChI=1S/C2F3N.C2H3N.CH4/c3-2(4,5)1-6;1-2-3;/h;1H3;1H4. The molecule has 2 nitrogen and oxygen atoms in total. The second-order valence-corrected chi connectivity index (χ2v) is 0.833. The van der Waals surface area contributed by atoms with Crippen LogP contribution in [0.1, 0.15) is 14.4 Å². The number of alkyl halides is 3. The quantitative estimate of drug-likeness (QED) is 0.534. The van der Waals surface area contributed by atoms with Crippen LogP contribution in [0.4, 0.5) is 13.2 Å². The summed E-state index contributed by atoms with van der Waals surface area (Å²) >= 11 is 0. The molecule has 10 heavy (non-hydrogen) atoms. The van der Waals surface area contributed by atoms with Crippen molar-refractivity contribution in [3.05, 3.63) is 0 Å². The molecule has 0 saturated heterocycles. The molecule has 0 rings (SSSR count). The van der Waals surface area contributed by atoms with Crippen LogP contribution in [0, 0.1) is 22.7 Å². The van der Waals surface area contributed by atoms with Gasteiger partial charge in [0, 0.05) is 6.92 Å². The van der Waals surface area contributed by atoms with Gasteiger partial charge in [0.2, 0.25) is 0 Å². The van der Waals surface area contributed by atoms with Crippen LogP contribution >= 0.6 is 0 Å². The van der Waals surface area contributed by atoms with Gasteiger partial charge in [0.15, 0.2) is 6.07 Å². The third kappa shape index (κ3) is 71.9. The maximum Gasteiger partial charge on any atom is 0.483 e. The smallest absolute Gasteiger partial charge is 0.199 e. The van der Waals surface area contributed by atoms with Crippen LogP contribution in [-0.2, 0) is 0 Å². The molecule has 0 radical (unpaired) electrons. The molecule has 58 valence electrons. The van der Waals surface area contributed by atoms with Crippen molar-refractivity contribution < 1.29 is 13.2 Å². The Kier molecular flexibility index (Phi) is 12.4. The van der Waals surface area contributed by atoms with Gasteiger partial charge in [-0.25, -0.2) is 0 Å². The summed E-state index contributed by atoms with van der Waals surface area (Å²) in [5, 5.41) is 14.3. The molecule has 0 aromatic rings. The zero-order valence-electron chi connectivity index (χ0n) is 4.53. The lowest BCUT2D eigenvalue weighted by atomic mass is 10.8. The molecule has 0 aliphatic carbocycles. The van der Waals surface area contributed by atoms with E-state index < -0.39 is 6.18 Å². The van der Waals surface area contributed by atoms with Crippen molar-refractivity contribution >= 4 is 0 Å². The molecule has 0 unspecified atom stereocenters. The van der Waals surface area contributed by atoms with Crippen LogP contribution in [0.15, 0.2) is 0 Å². The van der Waals surface area contributed by atoms with Crippen molar-refractivity contribution in [2.75, 3.05) is 0 Å². The van der Waals surface area contributed by atoms with E-state index in [4.69, 9.17) is 10.5 Å². The molecule has 0 aromatic carbocycles. The first-order chi connectivity index (χ1) is 3.97. The van der Waals surface area contributed by atoms with Crippen molar-refractivity contribution in [2.45, 2.75) is 20.5 Å². The second-order valence-electron chi connectivity index (χ2n) is 0.833. The normalized spacial score (nSPS) is 7.00. The molecular weight excluding hydrogens is 145 g/mol. The summed E-state index contributed by atoms with van der Waals surface area (Å²) in [5.74, 6) is 0. The molecule has 0 aliphatic rings. The fraction of sp³-hybridized carbons (Fsp3) is 0.600. The largest absolute Gasteiger partial charge is 0.483 e. The van der Waals surface area contributed by atoms with E-state index >= 15 is 0 Å². The number of nitriles is 2. The lowest BCUT2D eigenvalue weighted by molar-refractivity contribution is -0.0717. The van der Waals surface area contributed by atoms with Gasteiger partial charge in [0.25, 0.3) is 0 Å². The topological polar surface area (TPSA) is 47.6 Å². The van der Waals surface area contributed by atoms with E-state index in [2.05, 4.69) is 0 Å². The first kappa shape index (κ1) is 15.9. The van der Waals surface area contributed by atoms with Gasteiger partial charge < -0.3 is 0 Å². The summed E-state index contributed by atoms with van der Waals surface area (Å²) < 4.78 is 31.3. The van der Waals surface area contributed by atoms with E-state index in [0.717, 1.165) is 0 Å². The van der Waals surface area contributed by atoms with E-state index in [0.29, 0.717) is 0 Å². The van der Waals surface area contributed by atoms with Crippen LogP contribution in [0.2, 0.25) is 0 Å². The molecule has 0 fully saturated rings. The van der Waals surface area contributed by atoms with Crippen molar-refractivity contribution in [1.29, 1.82) is 10.5 Å². The first-order valence-electron chi connectivity index (χ1n) is 1.76. The molecule has 0 spiro atoms. The lowest BCUT2D eigenvalue weighted by Crippen LogP contribution is -1.99. The zero-order valence-corrected chi connectivity index (χ0v) is 4.53. The maximum absolute atomic E-state index is 10.4. The minimum atomic E-state index is -4.65. The van der Waals surface area contributed by atoms with Gasteiger partial charge in [0.1, 0.15) is 0 Å². The highest BCUT2D eigenvalue weighted by atomic mass is 19.4. The lowest BCUT2D eigenvalue weighted by Gasteiger charge is -1.84. The van der Waals surface area contributed by atoms with E-state index in [1.54, 1.807) is 6.07 Å². The average Bonchev–Trinajstić information content (AvgIpc) is 1.67. The van der Waals surface area contributed by atoms with Crippen LogP contribution in [0.25, 0.3) is 0 Å². The first-order valence-corrected chi connectivity index (χ1v) is 1.76. The Morgan fingerprint density at radius 1 is 1.20 bits per heavy atom. The molecule has 5 heteroatoms. The van der Waals surface area contributed by atoms with E-state index in [1.807, 2.05) is 0 Å². The molecule has 0 N–H and O–H groups in total. The van der Waals surface area contributed by atoms with Crippen molar-refractivity contribution in [3.8, 4) is 12.1 Å². The predicted octanol–water partition coefficient (Wildman–Crippen LogP) is 2.24. The van der Waals surface area contributed by atoms with Gasteiger partial charge in [0.05, 0.1) is 6.07 Å². The van der Waals surface area contributed by atoms with Gasteiger partial charge in [-0.15, -0.1) is 0 Å². The van der Waals surface area contributed by atoms with Gasteiger partial charge in [-0.3, -0.25) is 0 Å². The number of hydrogen-bond acceptors (Lipinski definition) is 2. The number of rotatable bonds is 0. The Morgan fingerprint density at radius 2 is 1.30 bits per heavy atom. The molecule has 0 aliphatic heterocycles. The molecule has 0 amide bonds. The summed E-state index contributed by atoms with van der Waals surface area (Å²) in [7, 11) is 0. The third-order valence-electron chi connectivity index (χ3n) is 0.127. The van der Waals surface area contributed by atoms with Crippen LogP contribution in [0.3, 0.4) is 0 Å². The Hall–Kier alpha value is -1.23. The number of hydrogen-bond donors (Lipinski definition) is 0. The number of nitrogens with zero attached hydrogens (tertiary/aromatic N) is 2. The van der Waals surface area contributed by atoms with Gasteiger partial charge >= 0.3 is 6.18 Å². The highest BCUT2D eigenvalue weighted by Gasteiger charge is 2.25. The summed E-state index contributed by atoms with van der Waals surface area (Å²) in [4.78, 5) is 0. The van der Waals surface area contributed by atoms with Crippen LogP contribution in [-0.4, -0.2) is 6.18 Å². The van der Waals surface area contributed by atoms with Gasteiger partial charge in [-0.1, -0.05) is 7.43 Å². The maximum atomic E-state index is 10.4. The van der Waals surface area contributed by atoms with E-state index in [9.17, 15) is 13.2 Å². The van der Waals surface area contributed by atoms with Crippen LogP contribution in [0.5, 0.6) is 0 Å². The molecule has 0 aromatic heterocycles. The minimum Gasteiger partial charge on any atom is -0.199 e. The molecule has 0 saturated carbocycles. The molecule has 0 bridgehead atoms. The summed E-state index contributed by atoms with van der Waals surface area (Å²) in [5.41, 5.74) is 0. The fourth-order valence-electron chi connectivity index (χ4n) is 0. The van der Waals surface area contributed by atoms with Gasteiger partial charge in [-0.05, 0) is 0 Å². The Morgan fingerprint density at radius 3 is 1.30 bits per heavy atom. The van der Waals surface area contributed by atoms with Crippen LogP contribution < -0.4 is 0 Å². The van der Waals surface area contributed by atoms with Crippen molar-refractivity contribution in [3.63, 3.8) is 0 Å². The summed E-state index contributed by atoms with van der Waals surface area (Å²) in [6.45, 7) is 1.43. The fourth-order valence-corrected chi connectivity index (χ4v) is 0. The van der Waals surface area contributed by atoms with Crippen molar-refractivity contribution in [1.82, 2.24) is 0 Å². The second kappa shape index (κ2) is 7.77. The zero-order chi connectivity index (χ0) is 7.91. The van der Waals surface area contributed by atoms with Gasteiger partial charge in [-0.2, -0.15) is 23.7 Å². The summed E-state index contributed by atoms with van der Waals surface area (Å²) in [6.07, 6.45) is -4.65.